The largest absolute Gasteiger partial charge is 0.451 e. The van der Waals surface area contributed by atoms with Gasteiger partial charge in [-0.2, -0.15) is 0 Å². The third kappa shape index (κ3) is 3.60. The molecule has 0 aliphatic heterocycles. The first-order valence-corrected chi connectivity index (χ1v) is 9.34. The summed E-state index contributed by atoms with van der Waals surface area (Å²) in [5.41, 5.74) is 1.59. The smallest absolute Gasteiger partial charge is 0.293 e. The quantitative estimate of drug-likeness (QED) is 0.452. The van der Waals surface area contributed by atoms with Crippen LogP contribution >= 0.6 is 34.5 Å². The number of nitrogens with zero attached hydrogens (tertiary/aromatic N) is 1. The van der Waals surface area contributed by atoms with Gasteiger partial charge >= 0.3 is 0 Å². The van der Waals surface area contributed by atoms with Crippen molar-refractivity contribution in [1.82, 2.24) is 4.98 Å². The fourth-order valence-corrected chi connectivity index (χ4v) is 3.78. The van der Waals surface area contributed by atoms with Crippen LogP contribution in [0.3, 0.4) is 0 Å². The lowest BCUT2D eigenvalue weighted by Gasteiger charge is -2.02. The maximum absolute atomic E-state index is 12.4. The minimum absolute atomic E-state index is 0.251. The number of hydrogen-bond donors (Lipinski definition) is 1. The Hall–Kier alpha value is -2.34. The molecule has 0 saturated heterocycles. The molecular weight excluding hydrogens is 391 g/mol. The van der Waals surface area contributed by atoms with Crippen LogP contribution in [0.5, 0.6) is 0 Å². The van der Waals surface area contributed by atoms with E-state index in [-0.39, 0.29) is 11.7 Å². The fourth-order valence-electron chi connectivity index (χ4n) is 2.57. The highest BCUT2D eigenvalue weighted by Gasteiger charge is 2.14. The number of carbonyl (C=O) groups is 1. The van der Waals surface area contributed by atoms with Crippen molar-refractivity contribution >= 4 is 56.5 Å². The number of nitrogens with one attached hydrogen (secondary N) is 1. The standard InChI is InChI=1S/C19H12Cl2N2O2S/c20-13-5-6-15(21)12(7-13)8-14-10-22-19(26-14)23-18(24)17-9-11-3-1-2-4-16(11)25-17/h1-7,9-10H,8H2,(H,22,23,24). The summed E-state index contributed by atoms with van der Waals surface area (Å²) in [6, 6.07) is 14.5. The maximum Gasteiger partial charge on any atom is 0.293 e. The number of rotatable bonds is 4. The van der Waals surface area contributed by atoms with E-state index in [0.717, 1.165) is 15.8 Å². The summed E-state index contributed by atoms with van der Waals surface area (Å²) in [6.45, 7) is 0. The first-order valence-electron chi connectivity index (χ1n) is 7.77. The molecule has 0 saturated carbocycles. The van der Waals surface area contributed by atoms with E-state index in [0.29, 0.717) is 27.2 Å². The molecule has 0 fully saturated rings. The highest BCUT2D eigenvalue weighted by molar-refractivity contribution is 7.15. The van der Waals surface area contributed by atoms with Crippen molar-refractivity contribution in [3.05, 3.63) is 81.0 Å². The molecule has 0 aliphatic rings. The van der Waals surface area contributed by atoms with E-state index < -0.39 is 0 Å². The van der Waals surface area contributed by atoms with Gasteiger partial charge in [-0.05, 0) is 35.9 Å². The van der Waals surface area contributed by atoms with Crippen LogP contribution in [-0.2, 0) is 6.42 Å². The van der Waals surface area contributed by atoms with Gasteiger partial charge in [0, 0.05) is 32.9 Å². The van der Waals surface area contributed by atoms with Crippen LogP contribution in [0.4, 0.5) is 5.13 Å². The maximum atomic E-state index is 12.4. The summed E-state index contributed by atoms with van der Waals surface area (Å²) < 4.78 is 5.57. The topological polar surface area (TPSA) is 55.1 Å². The zero-order valence-electron chi connectivity index (χ0n) is 13.3. The van der Waals surface area contributed by atoms with Crippen molar-refractivity contribution in [2.75, 3.05) is 5.32 Å². The fraction of sp³-hybridized carbons (Fsp3) is 0.0526. The van der Waals surface area contributed by atoms with Gasteiger partial charge in [-0.25, -0.2) is 4.98 Å². The van der Waals surface area contributed by atoms with Crippen LogP contribution < -0.4 is 5.32 Å². The zero-order valence-corrected chi connectivity index (χ0v) is 15.7. The van der Waals surface area contributed by atoms with Crippen molar-refractivity contribution in [2.24, 2.45) is 0 Å². The number of hydrogen-bond acceptors (Lipinski definition) is 4. The Labute approximate surface area is 163 Å². The summed E-state index contributed by atoms with van der Waals surface area (Å²) >= 11 is 13.6. The van der Waals surface area contributed by atoms with E-state index in [2.05, 4.69) is 10.3 Å². The minimum atomic E-state index is -0.331. The normalized spacial score (nSPS) is 11.0. The molecule has 1 amide bonds. The highest BCUT2D eigenvalue weighted by atomic mass is 35.5. The van der Waals surface area contributed by atoms with Crippen LogP contribution in [-0.4, -0.2) is 10.9 Å². The van der Waals surface area contributed by atoms with E-state index in [9.17, 15) is 4.79 Å². The van der Waals surface area contributed by atoms with E-state index in [1.54, 1.807) is 24.4 Å². The first kappa shape index (κ1) is 17.1. The second kappa shape index (κ2) is 7.11. The molecule has 4 rings (SSSR count). The second-order valence-electron chi connectivity index (χ2n) is 5.65. The van der Waals surface area contributed by atoms with Crippen molar-refractivity contribution < 1.29 is 9.21 Å². The summed E-state index contributed by atoms with van der Waals surface area (Å²) in [6.07, 6.45) is 2.31. The molecule has 2 aromatic carbocycles. The summed E-state index contributed by atoms with van der Waals surface area (Å²) in [7, 11) is 0. The number of anilines is 1. The Morgan fingerprint density at radius 2 is 2.00 bits per heavy atom. The minimum Gasteiger partial charge on any atom is -0.451 e. The lowest BCUT2D eigenvalue weighted by Crippen LogP contribution is -2.10. The zero-order chi connectivity index (χ0) is 18.1. The van der Waals surface area contributed by atoms with Gasteiger partial charge in [0.2, 0.25) is 0 Å². The lowest BCUT2D eigenvalue weighted by atomic mass is 10.1. The van der Waals surface area contributed by atoms with E-state index >= 15 is 0 Å². The third-order valence-corrected chi connectivity index (χ3v) is 5.31. The highest BCUT2D eigenvalue weighted by Crippen LogP contribution is 2.27. The van der Waals surface area contributed by atoms with Crippen LogP contribution in [0.2, 0.25) is 10.0 Å². The lowest BCUT2D eigenvalue weighted by molar-refractivity contribution is 0.0998. The molecule has 0 aliphatic carbocycles. The van der Waals surface area contributed by atoms with E-state index in [4.69, 9.17) is 27.6 Å². The number of para-hydroxylation sites is 1. The molecule has 1 N–H and O–H groups in total. The molecule has 2 heterocycles. The molecule has 7 heteroatoms. The molecule has 4 aromatic rings. The summed E-state index contributed by atoms with van der Waals surface area (Å²) in [5.74, 6) is -0.0799. The van der Waals surface area contributed by atoms with Gasteiger partial charge in [-0.3, -0.25) is 10.1 Å². The molecule has 0 spiro atoms. The average molecular weight is 403 g/mol. The molecule has 4 nitrogen and oxygen atoms in total. The molecule has 0 radical (unpaired) electrons. The third-order valence-electron chi connectivity index (χ3n) is 3.80. The molecular formula is C19H12Cl2N2O2S. The van der Waals surface area contributed by atoms with Crippen molar-refractivity contribution in [2.45, 2.75) is 6.42 Å². The molecule has 130 valence electrons. The van der Waals surface area contributed by atoms with Crippen LogP contribution in [0.25, 0.3) is 11.0 Å². The predicted octanol–water partition coefficient (Wildman–Crippen LogP) is 6.04. The summed E-state index contributed by atoms with van der Waals surface area (Å²) in [5, 5.41) is 5.43. The van der Waals surface area contributed by atoms with Gasteiger partial charge in [-0.1, -0.05) is 41.4 Å². The Bertz CT molecular complexity index is 1070. The number of aromatic nitrogens is 1. The number of fused-ring (bicyclic) bond motifs is 1. The predicted molar refractivity (Wildman–Crippen MR) is 106 cm³/mol. The van der Waals surface area contributed by atoms with Crippen LogP contribution in [0, 0.1) is 0 Å². The van der Waals surface area contributed by atoms with Gasteiger partial charge in [-0.15, -0.1) is 11.3 Å². The number of furan rings is 1. The molecule has 2 aromatic heterocycles. The summed E-state index contributed by atoms with van der Waals surface area (Å²) in [4.78, 5) is 17.6. The van der Waals surface area contributed by atoms with Gasteiger partial charge in [0.15, 0.2) is 10.9 Å². The van der Waals surface area contributed by atoms with Crippen molar-refractivity contribution in [3.8, 4) is 0 Å². The van der Waals surface area contributed by atoms with Crippen molar-refractivity contribution in [1.29, 1.82) is 0 Å². The number of halogens is 2. The number of carbonyl (C=O) groups excluding carboxylic acids is 1. The van der Waals surface area contributed by atoms with E-state index in [1.165, 1.54) is 11.3 Å². The first-order chi connectivity index (χ1) is 12.6. The van der Waals surface area contributed by atoms with Gasteiger partial charge in [0.25, 0.3) is 5.91 Å². The van der Waals surface area contributed by atoms with Gasteiger partial charge in [0.1, 0.15) is 5.58 Å². The van der Waals surface area contributed by atoms with Gasteiger partial charge in [0.05, 0.1) is 0 Å². The number of benzene rings is 2. The Morgan fingerprint density at radius 3 is 2.85 bits per heavy atom. The SMILES string of the molecule is O=C(Nc1ncc(Cc2cc(Cl)ccc2Cl)s1)c1cc2ccccc2o1. The monoisotopic (exact) mass is 402 g/mol. The Kier molecular flexibility index (Phi) is 4.68. The molecule has 0 unspecified atom stereocenters. The van der Waals surface area contributed by atoms with E-state index in [1.807, 2.05) is 30.3 Å². The molecule has 26 heavy (non-hydrogen) atoms. The van der Waals surface area contributed by atoms with Gasteiger partial charge < -0.3 is 4.42 Å². The molecule has 0 atom stereocenters. The Balaban J connectivity index is 1.49. The van der Waals surface area contributed by atoms with Crippen LogP contribution in [0.15, 0.2) is 59.1 Å². The number of thiazole rings is 1. The second-order valence-corrected chi connectivity index (χ2v) is 7.61. The average Bonchev–Trinajstić information content (AvgIpc) is 3.24. The Morgan fingerprint density at radius 1 is 1.15 bits per heavy atom. The molecule has 0 bridgehead atoms. The van der Waals surface area contributed by atoms with Crippen molar-refractivity contribution in [3.63, 3.8) is 0 Å². The number of amides is 1. The van der Waals surface area contributed by atoms with Crippen LogP contribution in [0.1, 0.15) is 21.0 Å².